The molecule has 2 atom stereocenters. The van der Waals surface area contributed by atoms with E-state index in [1.54, 1.807) is 6.07 Å². The van der Waals surface area contributed by atoms with Crippen LogP contribution in [0.25, 0.3) is 0 Å². The van der Waals surface area contributed by atoms with Crippen LogP contribution in [0.3, 0.4) is 0 Å². The highest BCUT2D eigenvalue weighted by atomic mass is 79.9. The van der Waals surface area contributed by atoms with Crippen LogP contribution in [0.5, 0.6) is 0 Å². The topological polar surface area (TPSA) is 79.3 Å². The number of pyridine rings is 1. The Morgan fingerprint density at radius 2 is 2.11 bits per heavy atom. The lowest BCUT2D eigenvalue weighted by Crippen LogP contribution is -2.21. The number of amides is 1. The molecule has 0 saturated heterocycles. The van der Waals surface area contributed by atoms with Crippen molar-refractivity contribution in [2.45, 2.75) is 19.3 Å². The summed E-state index contributed by atoms with van der Waals surface area (Å²) in [6, 6.07) is 1.66. The second-order valence-electron chi connectivity index (χ2n) is 4.53. The first-order valence-electron chi connectivity index (χ1n) is 5.82. The second-order valence-corrected chi connectivity index (χ2v) is 5.74. The number of carboxylic acids is 1. The van der Waals surface area contributed by atoms with Gasteiger partial charge in [-0.1, -0.05) is 11.6 Å². The van der Waals surface area contributed by atoms with Gasteiger partial charge < -0.3 is 10.4 Å². The third-order valence-corrected chi connectivity index (χ3v) is 4.35. The number of carboxylic acid groups (broad SMARTS) is 1. The lowest BCUT2D eigenvalue weighted by Gasteiger charge is -2.11. The minimum Gasteiger partial charge on any atom is -0.481 e. The van der Waals surface area contributed by atoms with Crippen molar-refractivity contribution in [1.29, 1.82) is 0 Å². The van der Waals surface area contributed by atoms with E-state index in [2.05, 4.69) is 26.2 Å². The van der Waals surface area contributed by atoms with Crippen LogP contribution in [-0.4, -0.2) is 22.0 Å². The van der Waals surface area contributed by atoms with E-state index in [-0.39, 0.29) is 11.8 Å². The normalized spacial score (nSPS) is 22.2. The Balaban J connectivity index is 1.98. The highest BCUT2D eigenvalue weighted by Crippen LogP contribution is 2.32. The molecule has 0 unspecified atom stereocenters. The maximum Gasteiger partial charge on any atom is 0.306 e. The monoisotopic (exact) mass is 346 g/mol. The lowest BCUT2D eigenvalue weighted by atomic mass is 10.0. The van der Waals surface area contributed by atoms with E-state index < -0.39 is 11.9 Å². The predicted octanol–water partition coefficient (Wildman–Crippen LogP) is 2.94. The summed E-state index contributed by atoms with van der Waals surface area (Å²) in [7, 11) is 0. The molecule has 5 nitrogen and oxygen atoms in total. The van der Waals surface area contributed by atoms with Crippen LogP contribution in [0.15, 0.2) is 16.7 Å². The van der Waals surface area contributed by atoms with Gasteiger partial charge >= 0.3 is 5.97 Å². The molecule has 0 aromatic carbocycles. The Morgan fingerprint density at radius 1 is 1.42 bits per heavy atom. The summed E-state index contributed by atoms with van der Waals surface area (Å²) in [5, 5.41) is 12.0. The third-order valence-electron chi connectivity index (χ3n) is 3.22. The number of halogens is 2. The minimum absolute atomic E-state index is 0.167. The zero-order valence-corrected chi connectivity index (χ0v) is 12.2. The molecule has 1 aromatic heterocycles. The SMILES string of the molecule is O=C(O)[C@H]1CC[C@@H](C(=O)Nc2cnc(Cl)c(Br)c2)C1. The third kappa shape index (κ3) is 3.45. The van der Waals surface area contributed by atoms with Gasteiger partial charge in [0.05, 0.1) is 22.3 Å². The maximum atomic E-state index is 12.0. The van der Waals surface area contributed by atoms with Crippen LogP contribution >= 0.6 is 27.5 Å². The van der Waals surface area contributed by atoms with E-state index in [9.17, 15) is 9.59 Å². The summed E-state index contributed by atoms with van der Waals surface area (Å²) < 4.78 is 0.599. The molecule has 1 saturated carbocycles. The molecule has 1 aliphatic rings. The van der Waals surface area contributed by atoms with Crippen molar-refractivity contribution in [2.24, 2.45) is 11.8 Å². The maximum absolute atomic E-state index is 12.0. The van der Waals surface area contributed by atoms with Crippen LogP contribution in [-0.2, 0) is 9.59 Å². The average Bonchev–Trinajstić information content (AvgIpc) is 2.83. The van der Waals surface area contributed by atoms with Crippen LogP contribution in [0.1, 0.15) is 19.3 Å². The average molecular weight is 348 g/mol. The molecule has 1 aromatic rings. The van der Waals surface area contributed by atoms with Gasteiger partial charge in [0, 0.05) is 5.92 Å². The molecular weight excluding hydrogens is 336 g/mol. The standard InChI is InChI=1S/C12H12BrClN2O3/c13-9-4-8(5-15-10(9)14)16-11(17)6-1-2-7(3-6)12(18)19/h4-7H,1-3H2,(H,16,17)(H,18,19)/t6-,7+/m1/s1. The van der Waals surface area contributed by atoms with Crippen LogP contribution in [0, 0.1) is 11.8 Å². The summed E-state index contributed by atoms with van der Waals surface area (Å²) in [6.45, 7) is 0. The van der Waals surface area contributed by atoms with Gasteiger partial charge in [-0.25, -0.2) is 4.98 Å². The van der Waals surface area contributed by atoms with Gasteiger partial charge in [-0.3, -0.25) is 9.59 Å². The number of hydrogen-bond donors (Lipinski definition) is 2. The Hall–Kier alpha value is -1.14. The highest BCUT2D eigenvalue weighted by molar-refractivity contribution is 9.10. The Bertz CT molecular complexity index is 524. The molecule has 2 N–H and O–H groups in total. The van der Waals surface area contributed by atoms with Crippen molar-refractivity contribution in [3.63, 3.8) is 0 Å². The fourth-order valence-corrected chi connectivity index (χ4v) is 2.63. The number of rotatable bonds is 3. The molecule has 0 radical (unpaired) electrons. The van der Waals surface area contributed by atoms with Crippen molar-refractivity contribution < 1.29 is 14.7 Å². The summed E-state index contributed by atoms with van der Waals surface area (Å²) >= 11 is 8.99. The van der Waals surface area contributed by atoms with Gasteiger partial charge in [0.25, 0.3) is 0 Å². The van der Waals surface area contributed by atoms with Gasteiger partial charge in [0.1, 0.15) is 5.15 Å². The van der Waals surface area contributed by atoms with E-state index in [0.717, 1.165) is 0 Å². The van der Waals surface area contributed by atoms with Crippen molar-refractivity contribution in [2.75, 3.05) is 5.32 Å². The molecule has 2 rings (SSSR count). The van der Waals surface area contributed by atoms with Gasteiger partial charge in [0.2, 0.25) is 5.91 Å². The van der Waals surface area contributed by atoms with Gasteiger partial charge in [-0.05, 0) is 41.3 Å². The Morgan fingerprint density at radius 3 is 2.68 bits per heavy atom. The summed E-state index contributed by atoms with van der Waals surface area (Å²) in [6.07, 6.45) is 3.01. The van der Waals surface area contributed by atoms with E-state index >= 15 is 0 Å². The van der Waals surface area contributed by atoms with Crippen LogP contribution in [0.4, 0.5) is 5.69 Å². The number of carbonyl (C=O) groups excluding carboxylic acids is 1. The fraction of sp³-hybridized carbons (Fsp3) is 0.417. The number of nitrogens with zero attached hydrogens (tertiary/aromatic N) is 1. The molecule has 1 aliphatic carbocycles. The number of hydrogen-bond acceptors (Lipinski definition) is 3. The fourth-order valence-electron chi connectivity index (χ4n) is 2.18. The van der Waals surface area contributed by atoms with E-state index in [1.807, 2.05) is 0 Å². The lowest BCUT2D eigenvalue weighted by molar-refractivity contribution is -0.141. The van der Waals surface area contributed by atoms with Gasteiger partial charge in [0.15, 0.2) is 0 Å². The zero-order chi connectivity index (χ0) is 14.0. The van der Waals surface area contributed by atoms with E-state index in [1.165, 1.54) is 6.20 Å². The quantitative estimate of drug-likeness (QED) is 0.824. The first kappa shape index (κ1) is 14.3. The highest BCUT2D eigenvalue weighted by Gasteiger charge is 2.33. The minimum atomic E-state index is -0.828. The van der Waals surface area contributed by atoms with Crippen molar-refractivity contribution in [1.82, 2.24) is 4.98 Å². The molecule has 1 fully saturated rings. The van der Waals surface area contributed by atoms with E-state index in [0.29, 0.717) is 34.6 Å². The van der Waals surface area contributed by atoms with Crippen molar-refractivity contribution in [3.8, 4) is 0 Å². The molecule has 102 valence electrons. The molecule has 0 aliphatic heterocycles. The molecule has 7 heteroatoms. The molecular formula is C12H12BrClN2O3. The largest absolute Gasteiger partial charge is 0.481 e. The Labute approximate surface area is 123 Å². The molecule has 0 bridgehead atoms. The Kier molecular flexibility index (Phi) is 4.42. The first-order valence-corrected chi connectivity index (χ1v) is 6.99. The summed E-state index contributed by atoms with van der Waals surface area (Å²) in [4.78, 5) is 26.8. The number of aromatic nitrogens is 1. The number of carbonyl (C=O) groups is 2. The van der Waals surface area contributed by atoms with Crippen LogP contribution in [0.2, 0.25) is 5.15 Å². The number of anilines is 1. The number of nitrogens with one attached hydrogen (secondary N) is 1. The number of aliphatic carboxylic acids is 1. The van der Waals surface area contributed by atoms with Gasteiger partial charge in [-0.2, -0.15) is 0 Å². The molecule has 19 heavy (non-hydrogen) atoms. The summed E-state index contributed by atoms with van der Waals surface area (Å²) in [5.41, 5.74) is 0.542. The predicted molar refractivity (Wildman–Crippen MR) is 74.0 cm³/mol. The molecule has 0 spiro atoms. The zero-order valence-electron chi connectivity index (χ0n) is 9.90. The summed E-state index contributed by atoms with van der Waals surface area (Å²) in [5.74, 6) is -1.66. The smallest absolute Gasteiger partial charge is 0.306 e. The molecule has 1 amide bonds. The van der Waals surface area contributed by atoms with Gasteiger partial charge in [-0.15, -0.1) is 0 Å². The van der Waals surface area contributed by atoms with E-state index in [4.69, 9.17) is 16.7 Å². The van der Waals surface area contributed by atoms with Crippen molar-refractivity contribution >= 4 is 45.1 Å². The molecule has 1 heterocycles. The van der Waals surface area contributed by atoms with Crippen molar-refractivity contribution in [3.05, 3.63) is 21.9 Å². The van der Waals surface area contributed by atoms with Crippen LogP contribution < -0.4 is 5.32 Å². The second kappa shape index (κ2) is 5.88. The first-order chi connectivity index (χ1) is 8.97.